The van der Waals surface area contributed by atoms with Crippen molar-refractivity contribution in [3.8, 4) is 5.75 Å². The van der Waals surface area contributed by atoms with Gasteiger partial charge >= 0.3 is 0 Å². The van der Waals surface area contributed by atoms with Crippen LogP contribution in [0, 0.1) is 5.82 Å². The number of ether oxygens (including phenoxy) is 1. The first-order chi connectivity index (χ1) is 13.7. The number of nitrogens with zero attached hydrogens (tertiary/aromatic N) is 2. The Morgan fingerprint density at radius 3 is 2.45 bits per heavy atom. The lowest BCUT2D eigenvalue weighted by atomic mass is 10.2. The number of hydrogen-bond acceptors (Lipinski definition) is 4. The summed E-state index contributed by atoms with van der Waals surface area (Å²) in [7, 11) is -2.44. The van der Waals surface area contributed by atoms with Gasteiger partial charge in [0.1, 0.15) is 11.6 Å². The average molecular weight is 443 g/mol. The molecular formula is C20H24ClFN2O4S. The molecule has 9 heteroatoms. The molecule has 0 aliphatic carbocycles. The summed E-state index contributed by atoms with van der Waals surface area (Å²) < 4.78 is 46.1. The minimum atomic E-state index is -3.94. The summed E-state index contributed by atoms with van der Waals surface area (Å²) in [6, 6.07) is 10.3. The number of carbonyl (C=O) groups is 1. The molecule has 0 unspecified atom stereocenters. The third-order valence-electron chi connectivity index (χ3n) is 4.30. The van der Waals surface area contributed by atoms with Gasteiger partial charge < -0.3 is 9.64 Å². The Kier molecular flexibility index (Phi) is 8.01. The fraction of sp³-hybridized carbons (Fsp3) is 0.350. The molecule has 0 atom stereocenters. The Balaban J connectivity index is 2.16. The maximum atomic E-state index is 13.8. The van der Waals surface area contributed by atoms with Crippen LogP contribution in [0.2, 0.25) is 5.02 Å². The fourth-order valence-corrected chi connectivity index (χ4v) is 4.40. The molecule has 0 radical (unpaired) electrons. The highest BCUT2D eigenvalue weighted by Crippen LogP contribution is 2.28. The second kappa shape index (κ2) is 10.0. The molecule has 0 fully saturated rings. The van der Waals surface area contributed by atoms with E-state index in [9.17, 15) is 17.6 Å². The first-order valence-corrected chi connectivity index (χ1v) is 10.9. The van der Waals surface area contributed by atoms with E-state index in [0.29, 0.717) is 17.9 Å². The van der Waals surface area contributed by atoms with Crippen molar-refractivity contribution >= 4 is 27.5 Å². The van der Waals surface area contributed by atoms with Crippen LogP contribution in [0.25, 0.3) is 0 Å². The summed E-state index contributed by atoms with van der Waals surface area (Å²) in [5, 5.41) is 0.173. The van der Waals surface area contributed by atoms with Crippen molar-refractivity contribution in [1.82, 2.24) is 9.21 Å². The molecule has 29 heavy (non-hydrogen) atoms. The fourth-order valence-electron chi connectivity index (χ4n) is 2.67. The molecule has 6 nitrogen and oxygen atoms in total. The molecule has 2 aromatic carbocycles. The van der Waals surface area contributed by atoms with Crippen LogP contribution in [0.4, 0.5) is 4.39 Å². The third kappa shape index (κ3) is 5.68. The van der Waals surface area contributed by atoms with Gasteiger partial charge in [-0.05, 0) is 31.2 Å². The van der Waals surface area contributed by atoms with Crippen LogP contribution in [0.15, 0.2) is 47.4 Å². The Hall–Kier alpha value is -2.16. The molecule has 0 aromatic heterocycles. The van der Waals surface area contributed by atoms with Gasteiger partial charge in [-0.3, -0.25) is 4.79 Å². The largest absolute Gasteiger partial charge is 0.492 e. The highest BCUT2D eigenvalue weighted by molar-refractivity contribution is 7.89. The molecule has 0 aliphatic heterocycles. The van der Waals surface area contributed by atoms with Crippen molar-refractivity contribution in [2.24, 2.45) is 0 Å². The van der Waals surface area contributed by atoms with E-state index in [4.69, 9.17) is 16.3 Å². The Morgan fingerprint density at radius 1 is 1.17 bits per heavy atom. The van der Waals surface area contributed by atoms with Gasteiger partial charge in [0.15, 0.2) is 0 Å². The summed E-state index contributed by atoms with van der Waals surface area (Å²) in [5.41, 5.74) is 0.354. The van der Waals surface area contributed by atoms with E-state index in [1.165, 1.54) is 36.2 Å². The number of benzene rings is 2. The zero-order valence-electron chi connectivity index (χ0n) is 16.6. The molecule has 1 amide bonds. The van der Waals surface area contributed by atoms with Crippen LogP contribution in [-0.4, -0.2) is 50.3 Å². The maximum Gasteiger partial charge on any atom is 0.243 e. The summed E-state index contributed by atoms with van der Waals surface area (Å²) in [6.45, 7) is 3.59. The van der Waals surface area contributed by atoms with E-state index in [0.717, 1.165) is 4.31 Å². The molecule has 0 saturated carbocycles. The number of sulfonamides is 1. The molecular weight excluding hydrogens is 419 g/mol. The van der Waals surface area contributed by atoms with Crippen molar-refractivity contribution in [1.29, 1.82) is 0 Å². The second-order valence-electron chi connectivity index (χ2n) is 6.30. The quantitative estimate of drug-likeness (QED) is 0.595. The van der Waals surface area contributed by atoms with Gasteiger partial charge in [0.2, 0.25) is 15.9 Å². The molecule has 0 aliphatic rings. The van der Waals surface area contributed by atoms with E-state index in [1.54, 1.807) is 32.0 Å². The lowest BCUT2D eigenvalue weighted by molar-refractivity contribution is -0.130. The minimum absolute atomic E-state index is 0.0302. The topological polar surface area (TPSA) is 66.9 Å². The van der Waals surface area contributed by atoms with Crippen LogP contribution in [0.3, 0.4) is 0 Å². The number of carbonyl (C=O) groups excluding carboxylic acids is 1. The number of amides is 1. The van der Waals surface area contributed by atoms with Crippen molar-refractivity contribution < 1.29 is 22.3 Å². The van der Waals surface area contributed by atoms with Crippen molar-refractivity contribution in [2.75, 3.05) is 26.7 Å². The third-order valence-corrected chi connectivity index (χ3v) is 6.51. The minimum Gasteiger partial charge on any atom is -0.492 e. The number of hydrogen-bond donors (Lipinski definition) is 0. The van der Waals surface area contributed by atoms with E-state index < -0.39 is 21.7 Å². The van der Waals surface area contributed by atoms with Crippen molar-refractivity contribution in [3.05, 3.63) is 58.9 Å². The number of rotatable bonds is 9. The Labute approximate surface area is 175 Å². The highest BCUT2D eigenvalue weighted by Gasteiger charge is 2.27. The van der Waals surface area contributed by atoms with Crippen LogP contribution in [0.1, 0.15) is 19.4 Å². The predicted octanol–water partition coefficient (Wildman–Crippen LogP) is 3.55. The van der Waals surface area contributed by atoms with Gasteiger partial charge in [-0.2, -0.15) is 4.31 Å². The molecule has 0 N–H and O–H groups in total. The molecule has 158 valence electrons. The van der Waals surface area contributed by atoms with Gasteiger partial charge in [0.05, 0.1) is 23.1 Å². The summed E-state index contributed by atoms with van der Waals surface area (Å²) in [6.07, 6.45) is 0. The lowest BCUT2D eigenvalue weighted by Crippen LogP contribution is -2.41. The van der Waals surface area contributed by atoms with Crippen LogP contribution in [-0.2, 0) is 21.4 Å². The van der Waals surface area contributed by atoms with Gasteiger partial charge in [0.25, 0.3) is 0 Å². The van der Waals surface area contributed by atoms with Gasteiger partial charge in [-0.1, -0.05) is 36.7 Å². The van der Waals surface area contributed by atoms with Crippen molar-refractivity contribution in [2.45, 2.75) is 25.3 Å². The number of likely N-dealkylation sites (N-methyl/N-ethyl adjacent to an activating group) is 2. The van der Waals surface area contributed by atoms with Crippen molar-refractivity contribution in [3.63, 3.8) is 0 Å². The molecule has 0 spiro atoms. The lowest BCUT2D eigenvalue weighted by Gasteiger charge is -2.24. The summed E-state index contributed by atoms with van der Waals surface area (Å²) in [4.78, 5) is 13.8. The van der Waals surface area contributed by atoms with Crippen LogP contribution < -0.4 is 4.74 Å². The van der Waals surface area contributed by atoms with Crippen LogP contribution in [0.5, 0.6) is 5.75 Å². The van der Waals surface area contributed by atoms with E-state index >= 15 is 0 Å². The zero-order chi connectivity index (χ0) is 21.6. The Morgan fingerprint density at radius 2 is 1.86 bits per heavy atom. The highest BCUT2D eigenvalue weighted by atomic mass is 35.5. The maximum absolute atomic E-state index is 13.8. The molecule has 0 heterocycles. The normalized spacial score (nSPS) is 11.5. The summed E-state index contributed by atoms with van der Waals surface area (Å²) >= 11 is 6.10. The number of halogens is 2. The molecule has 2 aromatic rings. The smallest absolute Gasteiger partial charge is 0.243 e. The summed E-state index contributed by atoms with van der Waals surface area (Å²) in [5.74, 6) is -0.483. The first-order valence-electron chi connectivity index (χ1n) is 9.10. The monoisotopic (exact) mass is 442 g/mol. The second-order valence-corrected chi connectivity index (χ2v) is 8.64. The first kappa shape index (κ1) is 23.1. The van der Waals surface area contributed by atoms with Crippen LogP contribution >= 0.6 is 11.6 Å². The van der Waals surface area contributed by atoms with E-state index in [2.05, 4.69) is 0 Å². The van der Waals surface area contributed by atoms with E-state index in [1.807, 2.05) is 0 Å². The molecule has 2 rings (SSSR count). The molecule has 0 bridgehead atoms. The average Bonchev–Trinajstić information content (AvgIpc) is 2.69. The predicted molar refractivity (Wildman–Crippen MR) is 110 cm³/mol. The van der Waals surface area contributed by atoms with E-state index in [-0.39, 0.29) is 29.6 Å². The van der Waals surface area contributed by atoms with Gasteiger partial charge in [-0.25, -0.2) is 12.8 Å². The standard InChI is InChI=1S/C20H24ClFN2O4S/c1-4-24(14-20(25)23(3)13-15-8-6-7-9-18(15)22)29(26,27)16-10-11-19(28-5-2)17(21)12-16/h6-12H,4-5,13-14H2,1-3H3. The van der Waals surface area contributed by atoms with Gasteiger partial charge in [-0.15, -0.1) is 0 Å². The SMILES string of the molecule is CCOc1ccc(S(=O)(=O)N(CC)CC(=O)N(C)Cc2ccccc2F)cc1Cl. The molecule has 0 saturated heterocycles. The Bertz CT molecular complexity index is 969. The zero-order valence-corrected chi connectivity index (χ0v) is 18.1. The van der Waals surface area contributed by atoms with Gasteiger partial charge in [0, 0.05) is 25.7 Å².